The molecule has 0 aliphatic rings. The van der Waals surface area contributed by atoms with E-state index in [1.54, 1.807) is 13.8 Å². The second-order valence-corrected chi connectivity index (χ2v) is 11.1. The molecule has 0 unspecified atom stereocenters. The predicted octanol–water partition coefficient (Wildman–Crippen LogP) is 2.33. The van der Waals surface area contributed by atoms with Gasteiger partial charge in [-0.3, -0.25) is 9.59 Å². The maximum atomic E-state index is 13.0. The molecule has 33 heavy (non-hydrogen) atoms. The highest BCUT2D eigenvalue weighted by molar-refractivity contribution is 8.10. The SMILES string of the molecule is CCC(=O)C(=O)C(S(=O)(=O)c1ccc(C)cc1)S(=O)(=O)c1ccc(C)cc1.ON=CC=NO. The molecule has 0 aliphatic heterocycles. The molecule has 0 heterocycles. The third kappa shape index (κ3) is 7.05. The van der Waals surface area contributed by atoms with Crippen LogP contribution in [0.15, 0.2) is 68.6 Å². The van der Waals surface area contributed by atoms with Crippen LogP contribution in [-0.4, -0.2) is 55.8 Å². The quantitative estimate of drug-likeness (QED) is 0.243. The van der Waals surface area contributed by atoms with Crippen molar-refractivity contribution >= 4 is 43.7 Å². The Morgan fingerprint density at radius 2 is 1.12 bits per heavy atom. The highest BCUT2D eigenvalue weighted by Gasteiger charge is 2.47. The highest BCUT2D eigenvalue weighted by Crippen LogP contribution is 2.27. The number of ketones is 2. The number of carbonyl (C=O) groups is 2. The summed E-state index contributed by atoms with van der Waals surface area (Å²) in [5, 5.41) is 20.1. The van der Waals surface area contributed by atoms with Gasteiger partial charge in [-0.05, 0) is 38.1 Å². The van der Waals surface area contributed by atoms with Gasteiger partial charge >= 0.3 is 0 Å². The molecule has 0 radical (unpaired) electrons. The standard InChI is InChI=1S/C19H20O6S2.C2H4N2O2/c1-4-17(20)18(21)19(26(22,23)15-9-5-13(2)6-10-15)27(24,25)16-11-7-14(3)8-12-16;5-3-1-2-4-6/h5-12,19H,4H2,1-3H3;1-2,5-6H. The summed E-state index contributed by atoms with van der Waals surface area (Å²) in [6, 6.07) is 10.9. The summed E-state index contributed by atoms with van der Waals surface area (Å²) in [4.78, 5) is 23.8. The Hall–Kier alpha value is -3.38. The fourth-order valence-electron chi connectivity index (χ4n) is 2.52. The van der Waals surface area contributed by atoms with Gasteiger partial charge in [0.1, 0.15) is 0 Å². The number of hydrogen-bond acceptors (Lipinski definition) is 10. The monoisotopic (exact) mass is 496 g/mol. The topological polar surface area (TPSA) is 168 Å². The number of carbonyl (C=O) groups excluding carboxylic acids is 2. The molecule has 2 rings (SSSR count). The average Bonchev–Trinajstić information content (AvgIpc) is 2.77. The third-order valence-electron chi connectivity index (χ3n) is 4.27. The van der Waals surface area contributed by atoms with E-state index < -0.39 is 35.8 Å². The van der Waals surface area contributed by atoms with E-state index in [1.807, 2.05) is 0 Å². The molecule has 178 valence electrons. The van der Waals surface area contributed by atoms with Gasteiger partial charge in [0.25, 0.3) is 0 Å². The number of benzene rings is 2. The number of rotatable bonds is 8. The molecule has 0 bridgehead atoms. The van der Waals surface area contributed by atoms with Crippen LogP contribution in [0.5, 0.6) is 0 Å². The highest BCUT2D eigenvalue weighted by atomic mass is 32.3. The number of hydrogen-bond donors (Lipinski definition) is 2. The Kier molecular flexibility index (Phi) is 10.1. The number of aryl methyl sites for hydroxylation is 2. The number of oxime groups is 2. The molecule has 2 aromatic rings. The van der Waals surface area contributed by atoms with Crippen LogP contribution in [0.4, 0.5) is 0 Å². The fraction of sp³-hybridized carbons (Fsp3) is 0.238. The molecular weight excluding hydrogens is 472 g/mol. The molecule has 0 aliphatic carbocycles. The van der Waals surface area contributed by atoms with Gasteiger partial charge in [-0.15, -0.1) is 0 Å². The lowest BCUT2D eigenvalue weighted by atomic mass is 10.2. The zero-order valence-electron chi connectivity index (χ0n) is 18.1. The predicted molar refractivity (Wildman–Crippen MR) is 121 cm³/mol. The van der Waals surface area contributed by atoms with Crippen LogP contribution in [0.2, 0.25) is 0 Å². The van der Waals surface area contributed by atoms with Crippen molar-refractivity contribution in [3.63, 3.8) is 0 Å². The van der Waals surface area contributed by atoms with Crippen LogP contribution >= 0.6 is 0 Å². The summed E-state index contributed by atoms with van der Waals surface area (Å²) in [5.41, 5.74) is 1.53. The first-order valence-corrected chi connectivity index (χ1v) is 12.5. The van der Waals surface area contributed by atoms with Crippen molar-refractivity contribution in [3.05, 3.63) is 59.7 Å². The molecule has 0 spiro atoms. The average molecular weight is 497 g/mol. The van der Waals surface area contributed by atoms with Crippen LogP contribution in [0.3, 0.4) is 0 Å². The van der Waals surface area contributed by atoms with Gasteiger partial charge in [-0.1, -0.05) is 52.6 Å². The second kappa shape index (κ2) is 12.0. The Morgan fingerprint density at radius 3 is 1.39 bits per heavy atom. The Morgan fingerprint density at radius 1 is 0.788 bits per heavy atom. The van der Waals surface area contributed by atoms with Crippen molar-refractivity contribution in [2.45, 2.75) is 41.6 Å². The number of sulfone groups is 2. The molecule has 0 amide bonds. The fourth-order valence-corrected chi connectivity index (χ4v) is 6.87. The van der Waals surface area contributed by atoms with E-state index in [0.717, 1.165) is 23.6 Å². The number of Topliss-reactive ketones (excluding diaryl/α,β-unsaturated/α-hetero) is 2. The first kappa shape index (κ1) is 27.7. The molecule has 0 fully saturated rings. The lowest BCUT2D eigenvalue weighted by Gasteiger charge is -2.17. The van der Waals surface area contributed by atoms with Gasteiger partial charge in [0.05, 0.1) is 22.2 Å². The van der Waals surface area contributed by atoms with E-state index >= 15 is 0 Å². The maximum absolute atomic E-state index is 13.0. The first-order valence-electron chi connectivity index (χ1n) is 9.45. The van der Waals surface area contributed by atoms with Gasteiger partial charge in [0.2, 0.25) is 35.8 Å². The summed E-state index contributed by atoms with van der Waals surface area (Å²) in [5.74, 6) is -2.50. The van der Waals surface area contributed by atoms with E-state index in [9.17, 15) is 26.4 Å². The minimum absolute atomic E-state index is 0.290. The van der Waals surface area contributed by atoms with Crippen molar-refractivity contribution in [2.75, 3.05) is 0 Å². The van der Waals surface area contributed by atoms with Gasteiger partial charge in [0.15, 0.2) is 0 Å². The van der Waals surface area contributed by atoms with Crippen molar-refractivity contribution < 1.29 is 36.8 Å². The third-order valence-corrected chi connectivity index (χ3v) is 9.21. The molecule has 2 aromatic carbocycles. The van der Waals surface area contributed by atoms with Gasteiger partial charge in [-0.2, -0.15) is 0 Å². The second-order valence-electron chi connectivity index (χ2n) is 6.72. The molecule has 12 heteroatoms. The minimum Gasteiger partial charge on any atom is -0.411 e. The molecule has 0 saturated carbocycles. The molecule has 2 N–H and O–H groups in total. The molecule has 0 aromatic heterocycles. The van der Waals surface area contributed by atoms with Crippen molar-refractivity contribution in [1.82, 2.24) is 0 Å². The van der Waals surface area contributed by atoms with E-state index in [2.05, 4.69) is 10.3 Å². The van der Waals surface area contributed by atoms with Crippen LogP contribution in [0.25, 0.3) is 0 Å². The Bertz CT molecular complexity index is 1150. The summed E-state index contributed by atoms with van der Waals surface area (Å²) in [6.07, 6.45) is 1.60. The summed E-state index contributed by atoms with van der Waals surface area (Å²) >= 11 is 0. The van der Waals surface area contributed by atoms with E-state index in [0.29, 0.717) is 0 Å². The first-order chi connectivity index (χ1) is 15.4. The zero-order chi connectivity index (χ0) is 25.2. The normalized spacial score (nSPS) is 12.0. The lowest BCUT2D eigenvalue weighted by Crippen LogP contribution is -2.41. The van der Waals surface area contributed by atoms with Crippen LogP contribution < -0.4 is 0 Å². The van der Waals surface area contributed by atoms with E-state index in [-0.39, 0.29) is 16.2 Å². The van der Waals surface area contributed by atoms with Crippen LogP contribution in [-0.2, 0) is 29.3 Å². The largest absolute Gasteiger partial charge is 0.411 e. The van der Waals surface area contributed by atoms with Crippen LogP contribution in [0, 0.1) is 13.8 Å². The summed E-state index contributed by atoms with van der Waals surface area (Å²) in [7, 11) is -9.29. The Balaban J connectivity index is 0.000000801. The van der Waals surface area contributed by atoms with Gasteiger partial charge < -0.3 is 10.4 Å². The van der Waals surface area contributed by atoms with Crippen molar-refractivity contribution in [2.24, 2.45) is 10.3 Å². The smallest absolute Gasteiger partial charge is 0.237 e. The Labute approximate surface area is 192 Å². The molecule has 0 atom stereocenters. The number of nitrogens with zero attached hydrogens (tertiary/aromatic N) is 2. The maximum Gasteiger partial charge on any atom is 0.237 e. The van der Waals surface area contributed by atoms with E-state index in [1.165, 1.54) is 55.5 Å². The van der Waals surface area contributed by atoms with Crippen molar-refractivity contribution in [1.29, 1.82) is 0 Å². The van der Waals surface area contributed by atoms with Gasteiger partial charge in [-0.25, -0.2) is 16.8 Å². The van der Waals surface area contributed by atoms with E-state index in [4.69, 9.17) is 10.4 Å². The zero-order valence-corrected chi connectivity index (χ0v) is 19.7. The van der Waals surface area contributed by atoms with Gasteiger partial charge in [0, 0.05) is 6.42 Å². The molecule has 10 nitrogen and oxygen atoms in total. The lowest BCUT2D eigenvalue weighted by molar-refractivity contribution is -0.135. The molecular formula is C21H24N2O8S2. The summed E-state index contributed by atoms with van der Waals surface area (Å²) < 4.78 is 49.6. The van der Waals surface area contributed by atoms with Crippen molar-refractivity contribution in [3.8, 4) is 0 Å². The minimum atomic E-state index is -4.65. The van der Waals surface area contributed by atoms with Crippen LogP contribution in [0.1, 0.15) is 24.5 Å². The summed E-state index contributed by atoms with van der Waals surface area (Å²) in [6.45, 7) is 4.85. The molecule has 0 saturated heterocycles.